The van der Waals surface area contributed by atoms with Gasteiger partial charge in [-0.05, 0) is 61.4 Å². The van der Waals surface area contributed by atoms with Crippen molar-refractivity contribution in [2.24, 2.45) is 0 Å². The lowest BCUT2D eigenvalue weighted by atomic mass is 9.97. The van der Waals surface area contributed by atoms with E-state index in [2.05, 4.69) is 0 Å². The lowest BCUT2D eigenvalue weighted by Gasteiger charge is -2.27. The van der Waals surface area contributed by atoms with E-state index in [1.54, 1.807) is 24.0 Å². The summed E-state index contributed by atoms with van der Waals surface area (Å²) < 4.78 is -1.35. The van der Waals surface area contributed by atoms with Gasteiger partial charge < -0.3 is 10.0 Å². The van der Waals surface area contributed by atoms with Gasteiger partial charge in [-0.25, -0.2) is 0 Å². The van der Waals surface area contributed by atoms with Crippen molar-refractivity contribution in [1.82, 2.24) is 4.90 Å². The van der Waals surface area contributed by atoms with Crippen LogP contribution in [-0.4, -0.2) is 34.3 Å². The van der Waals surface area contributed by atoms with Crippen LogP contribution in [0.15, 0.2) is 48.5 Å². The SMILES string of the molecule is CCN(CC)C(=O)SC(C)(C(=O)O)c1ccc(-c2ccc(Cl)cc2)cc1. The van der Waals surface area contributed by atoms with E-state index in [1.807, 2.05) is 50.2 Å². The normalized spacial score (nSPS) is 13.1. The van der Waals surface area contributed by atoms with Gasteiger partial charge >= 0.3 is 5.97 Å². The van der Waals surface area contributed by atoms with Gasteiger partial charge in [0.15, 0.2) is 0 Å². The first-order chi connectivity index (χ1) is 12.3. The Bertz CT molecular complexity index is 773. The zero-order valence-corrected chi connectivity index (χ0v) is 16.6. The van der Waals surface area contributed by atoms with Gasteiger partial charge in [-0.2, -0.15) is 0 Å². The fraction of sp³-hybridized carbons (Fsp3) is 0.300. The van der Waals surface area contributed by atoms with E-state index < -0.39 is 10.7 Å². The molecule has 0 spiro atoms. The summed E-state index contributed by atoms with van der Waals surface area (Å²) in [6.45, 7) is 6.42. The zero-order chi connectivity index (χ0) is 19.3. The molecule has 1 atom stereocenters. The topological polar surface area (TPSA) is 57.6 Å². The molecule has 138 valence electrons. The Labute approximate surface area is 163 Å². The standard InChI is InChI=1S/C20H22ClNO3S/c1-4-22(5-2)19(25)26-20(3,18(23)24)16-10-6-14(7-11-16)15-8-12-17(21)13-9-15/h6-13H,4-5H2,1-3H3,(H,23,24). The van der Waals surface area contributed by atoms with E-state index in [0.29, 0.717) is 23.7 Å². The predicted octanol–water partition coefficient (Wildman–Crippen LogP) is 5.50. The Balaban J connectivity index is 2.31. The van der Waals surface area contributed by atoms with Gasteiger partial charge in [0.05, 0.1) is 0 Å². The van der Waals surface area contributed by atoms with Crippen LogP contribution in [0.3, 0.4) is 0 Å². The molecule has 2 aromatic carbocycles. The Kier molecular flexibility index (Phi) is 6.73. The molecule has 0 aliphatic rings. The molecule has 4 nitrogen and oxygen atoms in total. The number of carbonyl (C=O) groups excluding carboxylic acids is 1. The average molecular weight is 392 g/mol. The molecule has 1 N–H and O–H groups in total. The van der Waals surface area contributed by atoms with Crippen LogP contribution in [0.5, 0.6) is 0 Å². The molecule has 26 heavy (non-hydrogen) atoms. The van der Waals surface area contributed by atoms with Gasteiger partial charge in [0.2, 0.25) is 0 Å². The minimum absolute atomic E-state index is 0.235. The highest BCUT2D eigenvalue weighted by atomic mass is 35.5. The highest BCUT2D eigenvalue weighted by Gasteiger charge is 2.39. The average Bonchev–Trinajstić information content (AvgIpc) is 2.63. The van der Waals surface area contributed by atoms with Crippen LogP contribution in [0.2, 0.25) is 5.02 Å². The van der Waals surface area contributed by atoms with E-state index in [1.165, 1.54) is 0 Å². The molecular weight excluding hydrogens is 370 g/mol. The first-order valence-corrected chi connectivity index (χ1v) is 9.59. The molecular formula is C20H22ClNO3S. The molecule has 0 aromatic heterocycles. The molecule has 0 fully saturated rings. The van der Waals surface area contributed by atoms with Crippen molar-refractivity contribution in [3.05, 3.63) is 59.1 Å². The van der Waals surface area contributed by atoms with Gasteiger partial charge in [0, 0.05) is 18.1 Å². The van der Waals surface area contributed by atoms with Crippen LogP contribution in [0.25, 0.3) is 11.1 Å². The number of carboxylic acids is 1. The van der Waals surface area contributed by atoms with Crippen LogP contribution in [0.4, 0.5) is 4.79 Å². The smallest absolute Gasteiger partial charge is 0.324 e. The second-order valence-electron chi connectivity index (χ2n) is 5.96. The number of hydrogen-bond donors (Lipinski definition) is 1. The number of amides is 1. The van der Waals surface area contributed by atoms with Crippen LogP contribution in [0, 0.1) is 0 Å². The summed E-state index contributed by atoms with van der Waals surface area (Å²) in [5.74, 6) is -1.04. The number of nitrogens with zero attached hydrogens (tertiary/aromatic N) is 1. The van der Waals surface area contributed by atoms with E-state index in [0.717, 1.165) is 22.9 Å². The molecule has 2 aromatic rings. The number of aliphatic carboxylic acids is 1. The number of carbonyl (C=O) groups is 2. The number of rotatable bonds is 6. The molecule has 0 saturated heterocycles. The van der Waals surface area contributed by atoms with Crippen molar-refractivity contribution in [2.75, 3.05) is 13.1 Å². The van der Waals surface area contributed by atoms with E-state index in [-0.39, 0.29) is 5.24 Å². The largest absolute Gasteiger partial charge is 0.480 e. The number of halogens is 1. The van der Waals surface area contributed by atoms with Crippen molar-refractivity contribution in [1.29, 1.82) is 0 Å². The van der Waals surface area contributed by atoms with Gasteiger partial charge in [0.25, 0.3) is 5.24 Å². The maximum absolute atomic E-state index is 12.4. The number of thioether (sulfide) groups is 1. The first kappa shape index (κ1) is 20.3. The predicted molar refractivity (Wildman–Crippen MR) is 108 cm³/mol. The lowest BCUT2D eigenvalue weighted by molar-refractivity contribution is -0.139. The van der Waals surface area contributed by atoms with Gasteiger partial charge in [0.1, 0.15) is 4.75 Å². The summed E-state index contributed by atoms with van der Waals surface area (Å²) >= 11 is 6.75. The summed E-state index contributed by atoms with van der Waals surface area (Å²) in [6.07, 6.45) is 0. The fourth-order valence-corrected chi connectivity index (χ4v) is 3.77. The monoisotopic (exact) mass is 391 g/mol. The van der Waals surface area contributed by atoms with Crippen molar-refractivity contribution in [2.45, 2.75) is 25.5 Å². The van der Waals surface area contributed by atoms with Crippen LogP contribution in [0.1, 0.15) is 26.3 Å². The Morgan fingerprint density at radius 2 is 1.46 bits per heavy atom. The maximum Gasteiger partial charge on any atom is 0.324 e. The minimum atomic E-state index is -1.35. The zero-order valence-electron chi connectivity index (χ0n) is 15.0. The third kappa shape index (κ3) is 4.40. The quantitative estimate of drug-likeness (QED) is 0.706. The summed E-state index contributed by atoms with van der Waals surface area (Å²) in [5, 5.41) is 10.2. The van der Waals surface area contributed by atoms with E-state index in [9.17, 15) is 14.7 Å². The van der Waals surface area contributed by atoms with Crippen molar-refractivity contribution < 1.29 is 14.7 Å². The number of benzene rings is 2. The molecule has 0 aliphatic heterocycles. The molecule has 0 aliphatic carbocycles. The molecule has 1 amide bonds. The number of hydrogen-bond acceptors (Lipinski definition) is 3. The molecule has 0 saturated carbocycles. The molecule has 6 heteroatoms. The fourth-order valence-electron chi connectivity index (χ4n) is 2.57. The molecule has 0 bridgehead atoms. The summed E-state index contributed by atoms with van der Waals surface area (Å²) in [4.78, 5) is 26.0. The highest BCUT2D eigenvalue weighted by molar-refractivity contribution is 8.14. The van der Waals surface area contributed by atoms with E-state index in [4.69, 9.17) is 11.6 Å². The Morgan fingerprint density at radius 1 is 1.00 bits per heavy atom. The third-order valence-electron chi connectivity index (χ3n) is 4.33. The second-order valence-corrected chi connectivity index (χ2v) is 7.77. The molecule has 0 heterocycles. The highest BCUT2D eigenvalue weighted by Crippen LogP contribution is 2.39. The van der Waals surface area contributed by atoms with Crippen LogP contribution >= 0.6 is 23.4 Å². The van der Waals surface area contributed by atoms with Crippen molar-refractivity contribution >= 4 is 34.6 Å². The van der Waals surface area contributed by atoms with Gasteiger partial charge in [-0.15, -0.1) is 0 Å². The van der Waals surface area contributed by atoms with Crippen LogP contribution < -0.4 is 0 Å². The summed E-state index contributed by atoms with van der Waals surface area (Å²) in [7, 11) is 0. The van der Waals surface area contributed by atoms with Crippen molar-refractivity contribution in [3.8, 4) is 11.1 Å². The second kappa shape index (κ2) is 8.60. The minimum Gasteiger partial charge on any atom is -0.480 e. The third-order valence-corrected chi connectivity index (χ3v) is 5.84. The van der Waals surface area contributed by atoms with Gasteiger partial charge in [-0.3, -0.25) is 9.59 Å². The molecule has 0 radical (unpaired) electrons. The lowest BCUT2D eigenvalue weighted by Crippen LogP contribution is -2.35. The summed E-state index contributed by atoms with van der Waals surface area (Å²) in [5.41, 5.74) is 2.52. The molecule has 1 unspecified atom stereocenters. The van der Waals surface area contributed by atoms with Crippen molar-refractivity contribution in [3.63, 3.8) is 0 Å². The summed E-state index contributed by atoms with van der Waals surface area (Å²) in [6, 6.07) is 14.7. The maximum atomic E-state index is 12.4. The molecule has 2 rings (SSSR count). The van der Waals surface area contributed by atoms with E-state index >= 15 is 0 Å². The number of carboxylic acid groups (broad SMARTS) is 1. The van der Waals surface area contributed by atoms with Gasteiger partial charge in [-0.1, -0.05) is 48.0 Å². The first-order valence-electron chi connectivity index (χ1n) is 8.39. The van der Waals surface area contributed by atoms with Crippen LogP contribution in [-0.2, 0) is 9.54 Å². The Hall–Kier alpha value is -1.98. The Morgan fingerprint density at radius 3 is 1.88 bits per heavy atom.